The van der Waals surface area contributed by atoms with Gasteiger partial charge in [0, 0.05) is 23.6 Å². The number of halogens is 1. The van der Waals surface area contributed by atoms with Crippen LogP contribution in [0.3, 0.4) is 0 Å². The molecule has 4 N–H and O–H groups in total. The number of rotatable bonds is 6. The molecular formula is C21H23ClN4O3S. The van der Waals surface area contributed by atoms with E-state index in [2.05, 4.69) is 21.5 Å². The average molecular weight is 447 g/mol. The van der Waals surface area contributed by atoms with Crippen LogP contribution in [0.4, 0.5) is 5.69 Å². The fourth-order valence-corrected chi connectivity index (χ4v) is 2.86. The Morgan fingerprint density at radius 2 is 1.57 bits per heavy atom. The van der Waals surface area contributed by atoms with Gasteiger partial charge in [0.15, 0.2) is 5.11 Å². The van der Waals surface area contributed by atoms with Gasteiger partial charge in [-0.3, -0.25) is 25.2 Å². The molecule has 0 aromatic heterocycles. The van der Waals surface area contributed by atoms with Crippen molar-refractivity contribution in [2.24, 2.45) is 0 Å². The van der Waals surface area contributed by atoms with E-state index in [1.54, 1.807) is 24.3 Å². The monoisotopic (exact) mass is 446 g/mol. The third kappa shape index (κ3) is 8.18. The van der Waals surface area contributed by atoms with Gasteiger partial charge in [-0.25, -0.2) is 0 Å². The van der Waals surface area contributed by atoms with Crippen molar-refractivity contribution in [1.82, 2.24) is 16.2 Å². The van der Waals surface area contributed by atoms with Crippen molar-refractivity contribution in [2.45, 2.75) is 33.1 Å². The van der Waals surface area contributed by atoms with Gasteiger partial charge in [0.2, 0.25) is 17.7 Å². The molecule has 30 heavy (non-hydrogen) atoms. The maximum Gasteiger partial charge on any atom is 0.238 e. The second-order valence-electron chi connectivity index (χ2n) is 6.72. The molecule has 9 heteroatoms. The third-order valence-corrected chi connectivity index (χ3v) is 4.54. The van der Waals surface area contributed by atoms with E-state index in [0.717, 1.165) is 16.7 Å². The molecule has 0 heterocycles. The van der Waals surface area contributed by atoms with Gasteiger partial charge in [0.25, 0.3) is 0 Å². The molecule has 158 valence electrons. The van der Waals surface area contributed by atoms with Crippen LogP contribution in [0.1, 0.15) is 29.5 Å². The summed E-state index contributed by atoms with van der Waals surface area (Å²) in [4.78, 5) is 35.9. The Morgan fingerprint density at radius 3 is 2.23 bits per heavy atom. The number of hydrogen-bond acceptors (Lipinski definition) is 4. The van der Waals surface area contributed by atoms with Crippen LogP contribution in [0, 0.1) is 13.8 Å². The lowest BCUT2D eigenvalue weighted by molar-refractivity contribution is -0.124. The van der Waals surface area contributed by atoms with E-state index < -0.39 is 5.91 Å². The highest BCUT2D eigenvalue weighted by molar-refractivity contribution is 7.80. The van der Waals surface area contributed by atoms with Gasteiger partial charge in [-0.15, -0.1) is 0 Å². The summed E-state index contributed by atoms with van der Waals surface area (Å²) in [7, 11) is 0. The summed E-state index contributed by atoms with van der Waals surface area (Å²) < 4.78 is 0. The van der Waals surface area contributed by atoms with Crippen LogP contribution in [0.5, 0.6) is 0 Å². The number of carbonyl (C=O) groups is 3. The van der Waals surface area contributed by atoms with E-state index in [-0.39, 0.29) is 36.2 Å². The van der Waals surface area contributed by atoms with Crippen LogP contribution in [0.2, 0.25) is 5.02 Å². The number of thiocarbonyl (C=S) groups is 1. The first-order valence-electron chi connectivity index (χ1n) is 9.23. The maximum absolute atomic E-state index is 12.0. The standard InChI is InChI=1S/C21H23ClN4O3S/c1-13-3-8-17(14(2)11-13)23-18(27)9-10-19(28)25-26-21(30)24-20(29)12-15-4-6-16(22)7-5-15/h3-8,11H,9-10,12H2,1-2H3,(H,23,27)(H,25,28)(H2,24,26,29,30). The van der Waals surface area contributed by atoms with Gasteiger partial charge < -0.3 is 10.6 Å². The van der Waals surface area contributed by atoms with E-state index >= 15 is 0 Å². The molecule has 2 aromatic rings. The number of aryl methyl sites for hydroxylation is 2. The summed E-state index contributed by atoms with van der Waals surface area (Å²) in [5, 5.41) is 5.79. The minimum atomic E-state index is -0.430. The fourth-order valence-electron chi connectivity index (χ4n) is 2.57. The van der Waals surface area contributed by atoms with E-state index in [1.807, 2.05) is 32.0 Å². The summed E-state index contributed by atoms with van der Waals surface area (Å²) in [5.41, 5.74) is 8.35. The molecule has 0 spiro atoms. The van der Waals surface area contributed by atoms with E-state index in [1.165, 1.54) is 0 Å². The quantitative estimate of drug-likeness (QED) is 0.404. The topological polar surface area (TPSA) is 99.3 Å². The second-order valence-corrected chi connectivity index (χ2v) is 7.56. The van der Waals surface area contributed by atoms with E-state index in [4.69, 9.17) is 23.8 Å². The van der Waals surface area contributed by atoms with Crippen molar-refractivity contribution in [2.75, 3.05) is 5.32 Å². The van der Waals surface area contributed by atoms with Crippen molar-refractivity contribution >= 4 is 52.3 Å². The molecule has 0 radical (unpaired) electrons. The number of nitrogens with one attached hydrogen (secondary N) is 4. The van der Waals surface area contributed by atoms with Crippen molar-refractivity contribution in [3.05, 3.63) is 64.2 Å². The lowest BCUT2D eigenvalue weighted by Crippen LogP contribution is -2.48. The molecule has 0 unspecified atom stereocenters. The molecule has 0 saturated carbocycles. The fraction of sp³-hybridized carbons (Fsp3) is 0.238. The number of amides is 3. The minimum absolute atomic E-state index is 0.0104. The second kappa shape index (κ2) is 11.3. The third-order valence-electron chi connectivity index (χ3n) is 4.08. The van der Waals surface area contributed by atoms with Crippen LogP contribution in [-0.2, 0) is 20.8 Å². The zero-order valence-electron chi connectivity index (χ0n) is 16.7. The van der Waals surface area contributed by atoms with Crippen molar-refractivity contribution in [3.8, 4) is 0 Å². The molecule has 0 aliphatic heterocycles. The summed E-state index contributed by atoms with van der Waals surface area (Å²) in [6.07, 6.45) is 0.0904. The molecule has 3 amide bonds. The summed E-state index contributed by atoms with van der Waals surface area (Å²) in [6.45, 7) is 3.88. The molecule has 0 bridgehead atoms. The lowest BCUT2D eigenvalue weighted by atomic mass is 10.1. The van der Waals surface area contributed by atoms with Crippen molar-refractivity contribution in [3.63, 3.8) is 0 Å². The lowest BCUT2D eigenvalue weighted by Gasteiger charge is -2.11. The van der Waals surface area contributed by atoms with Crippen molar-refractivity contribution in [1.29, 1.82) is 0 Å². The van der Waals surface area contributed by atoms with Crippen molar-refractivity contribution < 1.29 is 14.4 Å². The molecule has 0 atom stereocenters. The molecule has 0 saturated heterocycles. The van der Waals surface area contributed by atoms with Crippen LogP contribution in [0.25, 0.3) is 0 Å². The predicted octanol–water partition coefficient (Wildman–Crippen LogP) is 2.94. The average Bonchev–Trinajstić information content (AvgIpc) is 2.68. The maximum atomic E-state index is 12.0. The number of carbonyl (C=O) groups excluding carboxylic acids is 3. The zero-order valence-corrected chi connectivity index (χ0v) is 18.2. The molecular weight excluding hydrogens is 424 g/mol. The molecule has 7 nitrogen and oxygen atoms in total. The Balaban J connectivity index is 1.66. The molecule has 2 rings (SSSR count). The molecule has 0 fully saturated rings. The highest BCUT2D eigenvalue weighted by atomic mass is 35.5. The minimum Gasteiger partial charge on any atom is -0.326 e. The summed E-state index contributed by atoms with van der Waals surface area (Å²) >= 11 is 10.8. The number of hydrogen-bond donors (Lipinski definition) is 4. The molecule has 2 aromatic carbocycles. The Bertz CT molecular complexity index is 948. The Labute approximate surface area is 185 Å². The first-order chi connectivity index (χ1) is 14.2. The normalized spacial score (nSPS) is 10.1. The van der Waals surface area contributed by atoms with Crippen LogP contribution >= 0.6 is 23.8 Å². The highest BCUT2D eigenvalue weighted by Crippen LogP contribution is 2.16. The van der Waals surface area contributed by atoms with Gasteiger partial charge in [0.1, 0.15) is 0 Å². The SMILES string of the molecule is Cc1ccc(NC(=O)CCC(=O)NNC(=S)NC(=O)Cc2ccc(Cl)cc2)c(C)c1. The number of hydrazine groups is 1. The molecule has 0 aliphatic rings. The Hall–Kier alpha value is -2.97. The predicted molar refractivity (Wildman–Crippen MR) is 121 cm³/mol. The van der Waals surface area contributed by atoms with Crippen LogP contribution < -0.4 is 21.5 Å². The number of anilines is 1. The van der Waals surface area contributed by atoms with Gasteiger partial charge >= 0.3 is 0 Å². The van der Waals surface area contributed by atoms with Gasteiger partial charge in [0.05, 0.1) is 6.42 Å². The van der Waals surface area contributed by atoms with E-state index in [0.29, 0.717) is 10.7 Å². The summed E-state index contributed by atoms with van der Waals surface area (Å²) in [5.74, 6) is -1.03. The first-order valence-corrected chi connectivity index (χ1v) is 10.0. The summed E-state index contributed by atoms with van der Waals surface area (Å²) in [6, 6.07) is 12.6. The van der Waals surface area contributed by atoms with Gasteiger partial charge in [-0.2, -0.15) is 0 Å². The first kappa shape index (κ1) is 23.3. The van der Waals surface area contributed by atoms with Crippen LogP contribution in [-0.4, -0.2) is 22.8 Å². The van der Waals surface area contributed by atoms with Gasteiger partial charge in [-0.05, 0) is 55.4 Å². The zero-order chi connectivity index (χ0) is 22.1. The molecule has 0 aliphatic carbocycles. The van der Waals surface area contributed by atoms with Gasteiger partial charge in [-0.1, -0.05) is 41.4 Å². The highest BCUT2D eigenvalue weighted by Gasteiger charge is 2.10. The largest absolute Gasteiger partial charge is 0.326 e. The van der Waals surface area contributed by atoms with E-state index in [9.17, 15) is 14.4 Å². The number of benzene rings is 2. The Kier molecular flexibility index (Phi) is 8.76. The van der Waals surface area contributed by atoms with Crippen LogP contribution in [0.15, 0.2) is 42.5 Å². The Morgan fingerprint density at radius 1 is 0.900 bits per heavy atom. The smallest absolute Gasteiger partial charge is 0.238 e.